The van der Waals surface area contributed by atoms with Crippen LogP contribution in [-0.4, -0.2) is 37.2 Å². The predicted octanol–water partition coefficient (Wildman–Crippen LogP) is 23.2. The maximum atomic E-state index is 12.9. The molecule has 0 amide bonds. The molecule has 0 aromatic rings. The Labute approximate surface area is 494 Å². The van der Waals surface area contributed by atoms with Crippen LogP contribution in [0.3, 0.4) is 0 Å². The topological polar surface area (TPSA) is 78.9 Å². The highest BCUT2D eigenvalue weighted by molar-refractivity contribution is 5.71. The van der Waals surface area contributed by atoms with Gasteiger partial charge in [0.05, 0.1) is 0 Å². The van der Waals surface area contributed by atoms with Crippen LogP contribution in [0, 0.1) is 0 Å². The zero-order chi connectivity index (χ0) is 57.8. The van der Waals surface area contributed by atoms with Crippen molar-refractivity contribution in [3.8, 4) is 0 Å². The molecule has 0 saturated heterocycles. The third-order valence-corrected chi connectivity index (χ3v) is 14.2. The minimum Gasteiger partial charge on any atom is -0.462 e. The van der Waals surface area contributed by atoms with Crippen LogP contribution in [0.2, 0.25) is 0 Å². The maximum absolute atomic E-state index is 12.9. The van der Waals surface area contributed by atoms with Gasteiger partial charge in [-0.2, -0.15) is 0 Å². The molecule has 456 valence electrons. The van der Waals surface area contributed by atoms with Gasteiger partial charge in [-0.15, -0.1) is 0 Å². The molecule has 0 fully saturated rings. The first-order valence-electron chi connectivity index (χ1n) is 33.5. The van der Waals surface area contributed by atoms with E-state index in [0.29, 0.717) is 19.3 Å². The van der Waals surface area contributed by atoms with E-state index in [1.54, 1.807) is 0 Å². The molecule has 0 heterocycles. The lowest BCUT2D eigenvalue weighted by Crippen LogP contribution is -2.30. The van der Waals surface area contributed by atoms with Gasteiger partial charge in [0, 0.05) is 19.3 Å². The molecule has 0 N–H and O–H groups in total. The highest BCUT2D eigenvalue weighted by atomic mass is 16.6. The molecule has 0 aromatic carbocycles. The second-order valence-electron chi connectivity index (χ2n) is 22.0. The molecule has 0 bridgehead atoms. The summed E-state index contributed by atoms with van der Waals surface area (Å²) in [7, 11) is 0. The first-order chi connectivity index (χ1) is 39.5. The van der Waals surface area contributed by atoms with E-state index in [-0.39, 0.29) is 31.1 Å². The van der Waals surface area contributed by atoms with Crippen LogP contribution in [0.15, 0.2) is 122 Å². The first-order valence-corrected chi connectivity index (χ1v) is 33.5. The lowest BCUT2D eigenvalue weighted by atomic mass is 10.0. The Morgan fingerprint density at radius 2 is 0.487 bits per heavy atom. The summed E-state index contributed by atoms with van der Waals surface area (Å²) >= 11 is 0. The van der Waals surface area contributed by atoms with Crippen molar-refractivity contribution < 1.29 is 28.6 Å². The number of rotatable bonds is 60. The summed E-state index contributed by atoms with van der Waals surface area (Å²) in [5, 5.41) is 0. The lowest BCUT2D eigenvalue weighted by Gasteiger charge is -2.18. The van der Waals surface area contributed by atoms with E-state index >= 15 is 0 Å². The number of carbonyl (C=O) groups excluding carboxylic acids is 3. The number of allylic oxidation sites excluding steroid dienone is 20. The second-order valence-corrected chi connectivity index (χ2v) is 22.0. The third-order valence-electron chi connectivity index (χ3n) is 14.2. The fraction of sp³-hybridized carbons (Fsp3) is 0.689. The van der Waals surface area contributed by atoms with Gasteiger partial charge in [0.2, 0.25) is 0 Å². The number of hydrogen-bond donors (Lipinski definition) is 0. The van der Waals surface area contributed by atoms with Gasteiger partial charge in [-0.3, -0.25) is 14.4 Å². The summed E-state index contributed by atoms with van der Waals surface area (Å²) in [5.74, 6) is -0.938. The Morgan fingerprint density at radius 1 is 0.263 bits per heavy atom. The van der Waals surface area contributed by atoms with Gasteiger partial charge >= 0.3 is 17.9 Å². The van der Waals surface area contributed by atoms with Crippen molar-refractivity contribution in [1.29, 1.82) is 0 Å². The van der Waals surface area contributed by atoms with Gasteiger partial charge in [0.15, 0.2) is 6.10 Å². The van der Waals surface area contributed by atoms with Crippen LogP contribution in [0.1, 0.15) is 310 Å². The largest absolute Gasteiger partial charge is 0.462 e. The van der Waals surface area contributed by atoms with Gasteiger partial charge < -0.3 is 14.2 Å². The molecule has 6 heteroatoms. The average molecular weight is 1110 g/mol. The van der Waals surface area contributed by atoms with Crippen molar-refractivity contribution in [2.75, 3.05) is 13.2 Å². The van der Waals surface area contributed by atoms with Crippen LogP contribution in [0.4, 0.5) is 0 Å². The monoisotopic (exact) mass is 1110 g/mol. The van der Waals surface area contributed by atoms with Gasteiger partial charge in [-0.1, -0.05) is 296 Å². The van der Waals surface area contributed by atoms with E-state index in [2.05, 4.69) is 142 Å². The molecule has 6 nitrogen and oxygen atoms in total. The Bertz CT molecular complexity index is 1650. The number of ether oxygens (including phenoxy) is 3. The summed E-state index contributed by atoms with van der Waals surface area (Å²) in [6.45, 7) is 6.49. The fourth-order valence-electron chi connectivity index (χ4n) is 9.20. The normalized spacial score (nSPS) is 12.9. The van der Waals surface area contributed by atoms with Crippen molar-refractivity contribution in [2.24, 2.45) is 0 Å². The van der Waals surface area contributed by atoms with E-state index in [4.69, 9.17) is 14.2 Å². The van der Waals surface area contributed by atoms with Crippen molar-refractivity contribution in [3.05, 3.63) is 122 Å². The van der Waals surface area contributed by atoms with E-state index in [1.165, 1.54) is 148 Å². The highest BCUT2D eigenvalue weighted by Gasteiger charge is 2.19. The van der Waals surface area contributed by atoms with E-state index in [1.807, 2.05) is 0 Å². The van der Waals surface area contributed by atoms with Crippen LogP contribution >= 0.6 is 0 Å². The quantitative estimate of drug-likeness (QED) is 0.0261. The standard InChI is InChI=1S/C74H124O6/c1-4-7-10-13-16-19-22-25-28-31-33-34-35-36-37-38-39-40-41-44-46-49-52-55-58-61-64-67-73(76)79-70-71(69-78-72(75)66-63-60-57-54-51-48-45-42-30-27-24-21-18-15-12-9-6-3)80-74(77)68-65-62-59-56-53-50-47-43-32-29-26-23-20-17-14-11-8-5-2/h7,10,16,18-19,21,25,27-28,30,33-34,36-37,39-40,44,46,52,55,71H,4-6,8-9,11-15,17,20,22-24,26,29,31-32,35,38,41-43,45,47-51,53-54,56-70H2,1-3H3/b10-7-,19-16-,21-18-,28-25-,30-27-,34-33-,37-36-,40-39-,46-44-,55-52-. The molecular formula is C74H124O6. The van der Waals surface area contributed by atoms with E-state index < -0.39 is 6.10 Å². The Hall–Kier alpha value is -4.19. The van der Waals surface area contributed by atoms with Gasteiger partial charge in [-0.05, 0) is 116 Å². The van der Waals surface area contributed by atoms with Crippen molar-refractivity contribution in [3.63, 3.8) is 0 Å². The third kappa shape index (κ3) is 64.6. The zero-order valence-corrected chi connectivity index (χ0v) is 52.3. The molecule has 0 rings (SSSR count). The molecule has 0 radical (unpaired) electrons. The summed E-state index contributed by atoms with van der Waals surface area (Å²) < 4.78 is 16.9. The molecule has 0 aliphatic carbocycles. The van der Waals surface area contributed by atoms with E-state index in [9.17, 15) is 14.4 Å². The number of unbranched alkanes of at least 4 members (excludes halogenated alkanes) is 29. The predicted molar refractivity (Wildman–Crippen MR) is 348 cm³/mol. The molecule has 1 atom stereocenters. The molecule has 1 unspecified atom stereocenters. The molecule has 0 spiro atoms. The zero-order valence-electron chi connectivity index (χ0n) is 52.3. The summed E-state index contributed by atoms with van der Waals surface area (Å²) in [6, 6.07) is 0. The smallest absolute Gasteiger partial charge is 0.306 e. The molecule has 0 aliphatic rings. The van der Waals surface area contributed by atoms with E-state index in [0.717, 1.165) is 122 Å². The number of hydrogen-bond acceptors (Lipinski definition) is 6. The van der Waals surface area contributed by atoms with Gasteiger partial charge in [-0.25, -0.2) is 0 Å². The minimum absolute atomic E-state index is 0.0959. The Balaban J connectivity index is 4.46. The average Bonchev–Trinajstić information content (AvgIpc) is 3.46. The van der Waals surface area contributed by atoms with Gasteiger partial charge in [0.25, 0.3) is 0 Å². The molecule has 0 aliphatic heterocycles. The molecule has 80 heavy (non-hydrogen) atoms. The van der Waals surface area contributed by atoms with Crippen molar-refractivity contribution >= 4 is 17.9 Å². The maximum Gasteiger partial charge on any atom is 0.306 e. The fourth-order valence-corrected chi connectivity index (χ4v) is 9.20. The first kappa shape index (κ1) is 75.8. The van der Waals surface area contributed by atoms with Gasteiger partial charge in [0.1, 0.15) is 13.2 Å². The van der Waals surface area contributed by atoms with Crippen LogP contribution in [0.25, 0.3) is 0 Å². The molecular weight excluding hydrogens is 985 g/mol. The summed E-state index contributed by atoms with van der Waals surface area (Å²) in [6.07, 6.45) is 93.5. The highest BCUT2D eigenvalue weighted by Crippen LogP contribution is 2.16. The summed E-state index contributed by atoms with van der Waals surface area (Å²) in [4.78, 5) is 38.4. The second kappa shape index (κ2) is 67.3. The van der Waals surface area contributed by atoms with Crippen molar-refractivity contribution in [1.82, 2.24) is 0 Å². The Kier molecular flexibility index (Phi) is 63.8. The molecule has 0 aromatic heterocycles. The Morgan fingerprint density at radius 3 is 0.812 bits per heavy atom. The van der Waals surface area contributed by atoms with Crippen LogP contribution < -0.4 is 0 Å². The lowest BCUT2D eigenvalue weighted by molar-refractivity contribution is -0.167. The summed E-state index contributed by atoms with van der Waals surface area (Å²) in [5.41, 5.74) is 0. The van der Waals surface area contributed by atoms with Crippen molar-refractivity contribution in [2.45, 2.75) is 316 Å². The number of carbonyl (C=O) groups is 3. The number of esters is 3. The SMILES string of the molecule is CC/C=C\C/C=C\C/C=C\C/C=C\C/C=C\C/C=C\C/C=C\C/C=C\CCCCC(=O)OCC(COC(=O)CCCCCCCCC/C=C\C/C=C\CCCCC)OC(=O)CCCCCCCCCCCCCCCCCCCC. The van der Waals surface area contributed by atoms with Crippen LogP contribution in [0.5, 0.6) is 0 Å². The van der Waals surface area contributed by atoms with Crippen LogP contribution in [-0.2, 0) is 28.6 Å². The minimum atomic E-state index is -0.803. The molecule has 0 saturated carbocycles.